The van der Waals surface area contributed by atoms with E-state index >= 15 is 0 Å². The molecule has 1 atom stereocenters. The highest BCUT2D eigenvalue weighted by atomic mass is 14.8. The number of pyridine rings is 3. The van der Waals surface area contributed by atoms with E-state index < -0.39 is 5.41 Å². The summed E-state index contributed by atoms with van der Waals surface area (Å²) in [6.07, 6.45) is 6.87. The van der Waals surface area contributed by atoms with Crippen molar-refractivity contribution in [3.05, 3.63) is 257 Å². The average Bonchev–Trinajstić information content (AvgIpc) is 3.69. The van der Waals surface area contributed by atoms with Gasteiger partial charge in [-0.25, -0.2) is 4.98 Å². The number of hydrogen-bond donors (Lipinski definition) is 0. The van der Waals surface area contributed by atoms with Crippen molar-refractivity contribution in [1.29, 1.82) is 0 Å². The molecule has 0 saturated carbocycles. The quantitative estimate of drug-likeness (QED) is 0.157. The van der Waals surface area contributed by atoms with Gasteiger partial charge in [0.1, 0.15) is 0 Å². The third kappa shape index (κ3) is 5.98. The third-order valence-electron chi connectivity index (χ3n) is 13.8. The zero-order chi connectivity index (χ0) is 42.9. The lowest BCUT2D eigenvalue weighted by molar-refractivity contribution is 0.725. The highest BCUT2D eigenvalue weighted by Gasteiger charge is 2.45. The second-order valence-corrected chi connectivity index (χ2v) is 17.3. The van der Waals surface area contributed by atoms with Crippen LogP contribution in [0.4, 0.5) is 0 Å². The summed E-state index contributed by atoms with van der Waals surface area (Å²) in [5, 5.41) is 5.46. The van der Waals surface area contributed by atoms with Gasteiger partial charge in [0.25, 0.3) is 0 Å². The molecule has 1 unspecified atom stereocenters. The van der Waals surface area contributed by atoms with Crippen LogP contribution in [-0.4, -0.2) is 15.0 Å². The van der Waals surface area contributed by atoms with Crippen LogP contribution in [0, 0.1) is 0 Å². The van der Waals surface area contributed by atoms with E-state index in [0.717, 1.165) is 66.5 Å². The van der Waals surface area contributed by atoms with Crippen molar-refractivity contribution < 1.29 is 0 Å². The van der Waals surface area contributed by atoms with E-state index in [9.17, 15) is 0 Å². The molecule has 304 valence electrons. The highest BCUT2D eigenvalue weighted by molar-refractivity contribution is 6.03. The van der Waals surface area contributed by atoms with Crippen LogP contribution in [-0.2, 0) is 5.41 Å². The lowest BCUT2D eigenvalue weighted by Gasteiger charge is -2.34. The van der Waals surface area contributed by atoms with Gasteiger partial charge < -0.3 is 0 Å². The van der Waals surface area contributed by atoms with Gasteiger partial charge in [-0.2, -0.15) is 0 Å². The summed E-state index contributed by atoms with van der Waals surface area (Å²) in [7, 11) is 0. The summed E-state index contributed by atoms with van der Waals surface area (Å²) in [5.41, 5.74) is 17.9. The molecule has 4 heterocycles. The summed E-state index contributed by atoms with van der Waals surface area (Å²) in [5.74, 6) is 0. The van der Waals surface area contributed by atoms with Gasteiger partial charge in [0, 0.05) is 34.1 Å². The smallest absolute Gasteiger partial charge is 0.0972 e. The molecule has 4 nitrogen and oxygen atoms in total. The Morgan fingerprint density at radius 3 is 1.66 bits per heavy atom. The Morgan fingerprint density at radius 2 is 0.969 bits per heavy atom. The first-order chi connectivity index (χ1) is 32.2. The maximum absolute atomic E-state index is 5.29. The Morgan fingerprint density at radius 1 is 0.415 bits per heavy atom. The number of nitrogens with zero attached hydrogens (tertiary/aromatic N) is 4. The molecule has 0 fully saturated rings. The summed E-state index contributed by atoms with van der Waals surface area (Å²) in [6.45, 7) is 0. The molecule has 4 heteroatoms. The van der Waals surface area contributed by atoms with E-state index in [0.29, 0.717) is 0 Å². The fourth-order valence-corrected chi connectivity index (χ4v) is 10.6. The van der Waals surface area contributed by atoms with Gasteiger partial charge in [-0.05, 0) is 97.1 Å². The van der Waals surface area contributed by atoms with Crippen molar-refractivity contribution in [3.63, 3.8) is 0 Å². The zero-order valence-corrected chi connectivity index (χ0v) is 35.4. The van der Waals surface area contributed by atoms with Gasteiger partial charge in [0.15, 0.2) is 0 Å². The molecule has 8 aromatic carbocycles. The first-order valence-electron chi connectivity index (χ1n) is 22.4. The van der Waals surface area contributed by atoms with Crippen LogP contribution in [0.15, 0.2) is 224 Å². The Hall–Kier alpha value is -8.34. The molecule has 1 aliphatic heterocycles. The molecule has 65 heavy (non-hydrogen) atoms. The lowest BCUT2D eigenvalue weighted by Crippen LogP contribution is -2.30. The van der Waals surface area contributed by atoms with Gasteiger partial charge in [0.05, 0.1) is 39.1 Å². The standard InChI is InChI=1S/C61H40N4/c1-3-14-53-51(12-1)52-13-2-4-15-54(52)61(53,49-30-24-40(25-31-49)39-16-18-42(19-17-39)55-34-28-45-22-20-43-10-6-36-62-57(43)59(45)64-55)50-32-26-41(27-33-50)47-8-5-9-48(38-47)56-35-29-46-23-21-44-11-7-37-63-58(44)60(46)65-56/h1-34,36-38,56H,35H2. The van der Waals surface area contributed by atoms with Crippen LogP contribution in [0.1, 0.15) is 40.3 Å². The molecule has 0 saturated heterocycles. The minimum absolute atomic E-state index is 0.0329. The van der Waals surface area contributed by atoms with E-state index in [4.69, 9.17) is 15.0 Å². The van der Waals surface area contributed by atoms with Crippen molar-refractivity contribution in [2.24, 2.45) is 4.99 Å². The van der Waals surface area contributed by atoms with Crippen LogP contribution in [0.25, 0.3) is 83.4 Å². The molecular formula is C61H40N4. The van der Waals surface area contributed by atoms with Crippen molar-refractivity contribution in [3.8, 4) is 44.6 Å². The average molecular weight is 829 g/mol. The normalized spacial score (nSPS) is 14.6. The number of fused-ring (bicyclic) bond motifs is 9. The molecule has 11 aromatic rings. The number of benzene rings is 8. The fraction of sp³-hybridized carbons (Fsp3) is 0.0492. The molecular weight excluding hydrogens is 789 g/mol. The molecule has 13 rings (SSSR count). The highest BCUT2D eigenvalue weighted by Crippen LogP contribution is 2.56. The lowest BCUT2D eigenvalue weighted by atomic mass is 9.67. The molecule has 3 aromatic heterocycles. The molecule has 2 aliphatic rings. The van der Waals surface area contributed by atoms with E-state index in [1.807, 2.05) is 24.5 Å². The summed E-state index contributed by atoms with van der Waals surface area (Å²) in [4.78, 5) is 19.8. The second-order valence-electron chi connectivity index (χ2n) is 17.3. The molecule has 0 spiro atoms. The number of rotatable bonds is 6. The van der Waals surface area contributed by atoms with Crippen LogP contribution < -0.4 is 10.6 Å². The second kappa shape index (κ2) is 14.9. The Kier molecular flexibility index (Phi) is 8.53. The van der Waals surface area contributed by atoms with Gasteiger partial charge in [0.2, 0.25) is 0 Å². The maximum Gasteiger partial charge on any atom is 0.0972 e. The van der Waals surface area contributed by atoms with Gasteiger partial charge >= 0.3 is 0 Å². The van der Waals surface area contributed by atoms with Crippen molar-refractivity contribution in [1.82, 2.24) is 15.0 Å². The molecule has 0 bridgehead atoms. The van der Waals surface area contributed by atoms with Crippen molar-refractivity contribution in [2.45, 2.75) is 17.9 Å². The van der Waals surface area contributed by atoms with Crippen LogP contribution in [0.2, 0.25) is 0 Å². The third-order valence-corrected chi connectivity index (χ3v) is 13.8. The minimum Gasteiger partial charge on any atom is -0.274 e. The maximum atomic E-state index is 5.29. The first-order valence-corrected chi connectivity index (χ1v) is 22.4. The van der Waals surface area contributed by atoms with E-state index in [1.54, 1.807) is 0 Å². The molecule has 1 aliphatic carbocycles. The Balaban J connectivity index is 0.855. The SMILES string of the molecule is C1=c2ccc3cccnc3c2=NC(c2cccc(-c3ccc(C4(c5ccc(-c6ccc(-c7ccc8ccc9cccnc9c8n7)cc6)cc5)c5ccccc5-c5ccccc54)cc3)c2)C1. The Labute approximate surface area is 376 Å². The summed E-state index contributed by atoms with van der Waals surface area (Å²) in [6, 6.07) is 75.1. The molecule has 0 N–H and O–H groups in total. The number of aromatic nitrogens is 3. The largest absolute Gasteiger partial charge is 0.274 e. The zero-order valence-electron chi connectivity index (χ0n) is 35.4. The monoisotopic (exact) mass is 828 g/mol. The first kappa shape index (κ1) is 37.2. The van der Waals surface area contributed by atoms with Gasteiger partial charge in [-0.1, -0.05) is 188 Å². The van der Waals surface area contributed by atoms with E-state index in [-0.39, 0.29) is 6.04 Å². The fourth-order valence-electron chi connectivity index (χ4n) is 10.6. The topological polar surface area (TPSA) is 51.0 Å². The summed E-state index contributed by atoms with van der Waals surface area (Å²) < 4.78 is 0. The summed E-state index contributed by atoms with van der Waals surface area (Å²) >= 11 is 0. The molecule has 0 radical (unpaired) electrons. The van der Waals surface area contributed by atoms with E-state index in [2.05, 4.69) is 205 Å². The minimum atomic E-state index is -0.502. The van der Waals surface area contributed by atoms with Gasteiger partial charge in [-0.15, -0.1) is 0 Å². The number of hydrogen-bond acceptors (Lipinski definition) is 4. The van der Waals surface area contributed by atoms with Crippen LogP contribution >= 0.6 is 0 Å². The van der Waals surface area contributed by atoms with Crippen LogP contribution in [0.5, 0.6) is 0 Å². The van der Waals surface area contributed by atoms with Crippen molar-refractivity contribution >= 4 is 38.8 Å². The van der Waals surface area contributed by atoms with Crippen molar-refractivity contribution in [2.75, 3.05) is 0 Å². The predicted octanol–water partition coefficient (Wildman–Crippen LogP) is 13.2. The molecule has 0 amide bonds. The van der Waals surface area contributed by atoms with Gasteiger partial charge in [-0.3, -0.25) is 15.0 Å². The van der Waals surface area contributed by atoms with E-state index in [1.165, 1.54) is 55.6 Å². The predicted molar refractivity (Wildman–Crippen MR) is 265 cm³/mol. The Bertz CT molecular complexity index is 3750. The van der Waals surface area contributed by atoms with Crippen LogP contribution in [0.3, 0.4) is 0 Å².